The summed E-state index contributed by atoms with van der Waals surface area (Å²) >= 11 is 1.56. The van der Waals surface area contributed by atoms with E-state index in [9.17, 15) is 9.59 Å². The van der Waals surface area contributed by atoms with Crippen LogP contribution in [0.2, 0.25) is 0 Å². The van der Waals surface area contributed by atoms with Crippen molar-refractivity contribution in [3.8, 4) is 0 Å². The van der Waals surface area contributed by atoms with Crippen LogP contribution >= 0.6 is 11.3 Å². The lowest BCUT2D eigenvalue weighted by Gasteiger charge is -2.31. The van der Waals surface area contributed by atoms with Crippen molar-refractivity contribution >= 4 is 23.2 Å². The number of esters is 1. The zero-order valence-corrected chi connectivity index (χ0v) is 14.0. The van der Waals surface area contributed by atoms with Crippen LogP contribution in [0.4, 0.5) is 0 Å². The first-order valence-corrected chi connectivity index (χ1v) is 9.07. The highest BCUT2D eigenvalue weighted by atomic mass is 32.1. The molecule has 2 heterocycles. The number of hydrogen-bond acceptors (Lipinski definition) is 5. The summed E-state index contributed by atoms with van der Waals surface area (Å²) in [5.74, 6) is -0.651. The number of fused-ring (bicyclic) bond motifs is 1. The third-order valence-electron chi connectivity index (χ3n) is 4.85. The SMILES string of the molecule is O=C1O[C@H](C(=O)NC2(c3nccs3)CCCC2)Cc2ccccc21. The minimum Gasteiger partial charge on any atom is -0.448 e. The summed E-state index contributed by atoms with van der Waals surface area (Å²) in [4.78, 5) is 29.3. The Labute approximate surface area is 144 Å². The van der Waals surface area contributed by atoms with Crippen molar-refractivity contribution in [1.29, 1.82) is 0 Å². The first-order valence-electron chi connectivity index (χ1n) is 8.19. The molecule has 1 saturated carbocycles. The van der Waals surface area contributed by atoms with Crippen LogP contribution < -0.4 is 5.32 Å². The Balaban J connectivity index is 1.55. The summed E-state index contributed by atoms with van der Waals surface area (Å²) in [6, 6.07) is 7.29. The van der Waals surface area contributed by atoms with Gasteiger partial charge in [0.2, 0.25) is 0 Å². The van der Waals surface area contributed by atoms with Crippen LogP contribution in [0.1, 0.15) is 46.6 Å². The molecular weight excluding hydrogens is 324 g/mol. The van der Waals surface area contributed by atoms with E-state index in [4.69, 9.17) is 4.74 Å². The third kappa shape index (κ3) is 2.60. The van der Waals surface area contributed by atoms with Gasteiger partial charge in [-0.3, -0.25) is 4.79 Å². The number of amides is 1. The molecule has 2 aliphatic rings. The highest BCUT2D eigenvalue weighted by molar-refractivity contribution is 7.09. The van der Waals surface area contributed by atoms with Gasteiger partial charge in [-0.2, -0.15) is 0 Å². The molecule has 0 radical (unpaired) electrons. The van der Waals surface area contributed by atoms with Crippen LogP contribution in [-0.4, -0.2) is 23.0 Å². The Hall–Kier alpha value is -2.21. The smallest absolute Gasteiger partial charge is 0.339 e. The highest BCUT2D eigenvalue weighted by Gasteiger charge is 2.42. The minimum absolute atomic E-state index is 0.227. The van der Waals surface area contributed by atoms with Crippen molar-refractivity contribution in [3.05, 3.63) is 52.0 Å². The number of thiazole rings is 1. The molecule has 4 rings (SSSR count). The van der Waals surface area contributed by atoms with Crippen LogP contribution in [0.25, 0.3) is 0 Å². The molecule has 1 amide bonds. The summed E-state index contributed by atoms with van der Waals surface area (Å²) in [6.45, 7) is 0. The molecule has 1 fully saturated rings. The number of benzene rings is 1. The molecule has 1 N–H and O–H groups in total. The zero-order valence-electron chi connectivity index (χ0n) is 13.2. The highest BCUT2D eigenvalue weighted by Crippen LogP contribution is 2.40. The zero-order chi connectivity index (χ0) is 16.6. The monoisotopic (exact) mass is 342 g/mol. The first kappa shape index (κ1) is 15.3. The third-order valence-corrected chi connectivity index (χ3v) is 5.82. The van der Waals surface area contributed by atoms with E-state index >= 15 is 0 Å². The van der Waals surface area contributed by atoms with Gasteiger partial charge in [-0.1, -0.05) is 31.0 Å². The quantitative estimate of drug-likeness (QED) is 0.871. The Morgan fingerprint density at radius 2 is 2.08 bits per heavy atom. The maximum atomic E-state index is 12.8. The van der Waals surface area contributed by atoms with Gasteiger partial charge < -0.3 is 10.1 Å². The summed E-state index contributed by atoms with van der Waals surface area (Å²) in [5.41, 5.74) is 1.01. The second kappa shape index (κ2) is 6.02. The van der Waals surface area contributed by atoms with Gasteiger partial charge in [0.05, 0.1) is 11.1 Å². The van der Waals surface area contributed by atoms with Crippen molar-refractivity contribution < 1.29 is 14.3 Å². The molecule has 1 aliphatic carbocycles. The number of nitrogens with one attached hydrogen (secondary N) is 1. The lowest BCUT2D eigenvalue weighted by atomic mass is 9.95. The van der Waals surface area contributed by atoms with E-state index in [0.29, 0.717) is 12.0 Å². The van der Waals surface area contributed by atoms with Gasteiger partial charge in [0, 0.05) is 18.0 Å². The van der Waals surface area contributed by atoms with E-state index in [2.05, 4.69) is 10.3 Å². The maximum absolute atomic E-state index is 12.8. The van der Waals surface area contributed by atoms with E-state index in [-0.39, 0.29) is 5.91 Å². The maximum Gasteiger partial charge on any atom is 0.339 e. The number of hydrogen-bond donors (Lipinski definition) is 1. The Morgan fingerprint density at radius 1 is 1.29 bits per heavy atom. The van der Waals surface area contributed by atoms with Gasteiger partial charge in [-0.05, 0) is 24.5 Å². The number of ether oxygens (including phenoxy) is 1. The van der Waals surface area contributed by atoms with E-state index in [1.54, 1.807) is 29.7 Å². The summed E-state index contributed by atoms with van der Waals surface area (Å²) in [7, 11) is 0. The van der Waals surface area contributed by atoms with Crippen molar-refractivity contribution in [3.63, 3.8) is 0 Å². The second-order valence-electron chi connectivity index (χ2n) is 6.37. The van der Waals surface area contributed by atoms with Crippen LogP contribution in [0, 0.1) is 0 Å². The van der Waals surface area contributed by atoms with Crippen LogP contribution in [-0.2, 0) is 21.5 Å². The van der Waals surface area contributed by atoms with Gasteiger partial charge in [0.15, 0.2) is 6.10 Å². The normalized spacial score (nSPS) is 21.8. The standard InChI is InChI=1S/C18H18N2O3S/c21-15(14-11-12-5-1-2-6-13(12)16(22)23-14)20-18(7-3-4-8-18)17-19-9-10-24-17/h1-2,5-6,9-10,14H,3-4,7-8,11H2,(H,20,21)/t14-/m0/s1. The molecule has 0 spiro atoms. The molecule has 1 atom stereocenters. The largest absolute Gasteiger partial charge is 0.448 e. The van der Waals surface area contributed by atoms with Crippen molar-refractivity contribution in [2.24, 2.45) is 0 Å². The Morgan fingerprint density at radius 3 is 2.83 bits per heavy atom. The number of cyclic esters (lactones) is 1. The Bertz CT molecular complexity index is 766. The molecule has 0 saturated heterocycles. The van der Waals surface area contributed by atoms with E-state index < -0.39 is 17.6 Å². The number of rotatable bonds is 3. The van der Waals surface area contributed by atoms with E-state index in [1.165, 1.54) is 0 Å². The van der Waals surface area contributed by atoms with Gasteiger partial charge in [0.1, 0.15) is 5.01 Å². The fraction of sp³-hybridized carbons (Fsp3) is 0.389. The van der Waals surface area contributed by atoms with Crippen LogP contribution in [0.15, 0.2) is 35.8 Å². The molecule has 6 heteroatoms. The van der Waals surface area contributed by atoms with Crippen LogP contribution in [0.3, 0.4) is 0 Å². The average molecular weight is 342 g/mol. The summed E-state index contributed by atoms with van der Waals surface area (Å²) in [6.07, 6.45) is 5.29. The van der Waals surface area contributed by atoms with Crippen molar-refractivity contribution in [1.82, 2.24) is 10.3 Å². The topological polar surface area (TPSA) is 68.3 Å². The predicted molar refractivity (Wildman–Crippen MR) is 89.8 cm³/mol. The molecule has 1 aliphatic heterocycles. The molecule has 24 heavy (non-hydrogen) atoms. The molecule has 1 aromatic carbocycles. The molecular formula is C18H18N2O3S. The summed E-state index contributed by atoms with van der Waals surface area (Å²) in [5, 5.41) is 6.02. The number of carbonyl (C=O) groups is 2. The number of carbonyl (C=O) groups excluding carboxylic acids is 2. The van der Waals surface area contributed by atoms with E-state index in [0.717, 1.165) is 36.3 Å². The fourth-order valence-electron chi connectivity index (χ4n) is 3.62. The molecule has 1 aromatic heterocycles. The lowest BCUT2D eigenvalue weighted by Crippen LogP contribution is -2.50. The van der Waals surface area contributed by atoms with Gasteiger partial charge in [0.25, 0.3) is 5.91 Å². The molecule has 0 bridgehead atoms. The minimum atomic E-state index is -0.773. The molecule has 5 nitrogen and oxygen atoms in total. The van der Waals surface area contributed by atoms with Gasteiger partial charge in [-0.25, -0.2) is 9.78 Å². The average Bonchev–Trinajstić information content (AvgIpc) is 3.27. The number of aromatic nitrogens is 1. The van der Waals surface area contributed by atoms with Gasteiger partial charge >= 0.3 is 5.97 Å². The van der Waals surface area contributed by atoms with Crippen molar-refractivity contribution in [2.45, 2.75) is 43.7 Å². The van der Waals surface area contributed by atoms with E-state index in [1.807, 2.05) is 17.5 Å². The van der Waals surface area contributed by atoms with Crippen LogP contribution in [0.5, 0.6) is 0 Å². The summed E-state index contributed by atoms with van der Waals surface area (Å²) < 4.78 is 5.38. The lowest BCUT2D eigenvalue weighted by molar-refractivity contribution is -0.132. The fourth-order valence-corrected chi connectivity index (χ4v) is 4.48. The number of nitrogens with zero attached hydrogens (tertiary/aromatic N) is 1. The first-order chi connectivity index (χ1) is 11.7. The molecule has 0 unspecified atom stereocenters. The van der Waals surface area contributed by atoms with Gasteiger partial charge in [-0.15, -0.1) is 11.3 Å². The second-order valence-corrected chi connectivity index (χ2v) is 7.27. The van der Waals surface area contributed by atoms with Crippen molar-refractivity contribution in [2.75, 3.05) is 0 Å². The molecule has 124 valence electrons. The predicted octanol–water partition coefficient (Wildman–Crippen LogP) is 2.81. The Kier molecular flexibility index (Phi) is 3.84. The molecule has 2 aromatic rings.